The van der Waals surface area contributed by atoms with E-state index >= 15 is 0 Å². The van der Waals surface area contributed by atoms with Gasteiger partial charge in [-0.15, -0.1) is 0 Å². The Balaban J connectivity index is 1.60. The van der Waals surface area contributed by atoms with Gasteiger partial charge in [-0.2, -0.15) is 5.10 Å². The lowest BCUT2D eigenvalue weighted by Crippen LogP contribution is -2.22. The molecule has 5 nitrogen and oxygen atoms in total. The number of aromatic nitrogens is 1. The number of allylic oxidation sites excluding steroid dienone is 1. The summed E-state index contributed by atoms with van der Waals surface area (Å²) in [5.74, 6) is 0.877. The molecule has 0 radical (unpaired) electrons. The van der Waals surface area contributed by atoms with Gasteiger partial charge >= 0.3 is 0 Å². The summed E-state index contributed by atoms with van der Waals surface area (Å²) in [6.07, 6.45) is 4.93. The molecule has 1 aliphatic heterocycles. The molecule has 5 heteroatoms. The van der Waals surface area contributed by atoms with Gasteiger partial charge in [0.15, 0.2) is 0 Å². The molecule has 0 bridgehead atoms. The molecule has 2 aromatic carbocycles. The number of pyridine rings is 1. The van der Waals surface area contributed by atoms with E-state index in [1.165, 1.54) is 28.1 Å². The van der Waals surface area contributed by atoms with Crippen LogP contribution in [0.25, 0.3) is 6.08 Å². The maximum atomic E-state index is 5.07. The van der Waals surface area contributed by atoms with Crippen LogP contribution in [-0.4, -0.2) is 36.9 Å². The van der Waals surface area contributed by atoms with E-state index in [-0.39, 0.29) is 6.04 Å². The molecule has 0 saturated heterocycles. The highest BCUT2D eigenvalue weighted by molar-refractivity contribution is 6.05. The van der Waals surface area contributed by atoms with Crippen molar-refractivity contribution in [2.75, 3.05) is 41.0 Å². The number of hydrogen-bond acceptors (Lipinski definition) is 5. The zero-order valence-corrected chi connectivity index (χ0v) is 22.4. The Bertz CT molecular complexity index is 1160. The number of rotatable bonds is 10. The van der Waals surface area contributed by atoms with Gasteiger partial charge in [0.1, 0.15) is 5.82 Å². The molecular formula is C31H39N5. The van der Waals surface area contributed by atoms with Gasteiger partial charge in [-0.25, -0.2) is 9.99 Å². The van der Waals surface area contributed by atoms with Crippen LogP contribution in [0.2, 0.25) is 0 Å². The predicted octanol–water partition coefficient (Wildman–Crippen LogP) is 7.18. The highest BCUT2D eigenvalue weighted by Gasteiger charge is 2.30. The van der Waals surface area contributed by atoms with Crippen molar-refractivity contribution >= 4 is 29.0 Å². The Morgan fingerprint density at radius 2 is 1.42 bits per heavy atom. The molecular weight excluding hydrogens is 442 g/mol. The van der Waals surface area contributed by atoms with Crippen LogP contribution in [0.1, 0.15) is 58.2 Å². The first-order valence-corrected chi connectivity index (χ1v) is 13.2. The van der Waals surface area contributed by atoms with E-state index in [0.29, 0.717) is 0 Å². The summed E-state index contributed by atoms with van der Waals surface area (Å²) in [5, 5.41) is 7.16. The van der Waals surface area contributed by atoms with Crippen LogP contribution in [0.5, 0.6) is 0 Å². The maximum Gasteiger partial charge on any atom is 0.149 e. The molecule has 0 spiro atoms. The minimum atomic E-state index is 0.119. The van der Waals surface area contributed by atoms with Crippen LogP contribution in [0.3, 0.4) is 0 Å². The summed E-state index contributed by atoms with van der Waals surface area (Å²) in [6.45, 7) is 15.0. The molecule has 3 aromatic rings. The molecule has 1 aromatic heterocycles. The van der Waals surface area contributed by atoms with Crippen molar-refractivity contribution < 1.29 is 0 Å². The number of benzene rings is 2. The van der Waals surface area contributed by atoms with E-state index in [0.717, 1.165) is 44.1 Å². The van der Waals surface area contributed by atoms with E-state index in [1.807, 2.05) is 24.4 Å². The van der Waals surface area contributed by atoms with Crippen LogP contribution in [0.15, 0.2) is 83.6 Å². The molecule has 1 aliphatic rings. The second-order valence-electron chi connectivity index (χ2n) is 9.15. The summed E-state index contributed by atoms with van der Waals surface area (Å²) < 4.78 is 0. The van der Waals surface area contributed by atoms with Crippen molar-refractivity contribution in [3.63, 3.8) is 0 Å². The molecule has 1 unspecified atom stereocenters. The Morgan fingerprint density at radius 1 is 0.833 bits per heavy atom. The first kappa shape index (κ1) is 25.5. The fourth-order valence-corrected chi connectivity index (χ4v) is 4.91. The molecule has 188 valence electrons. The lowest BCUT2D eigenvalue weighted by Gasteiger charge is -2.25. The van der Waals surface area contributed by atoms with Gasteiger partial charge in [0.25, 0.3) is 0 Å². The van der Waals surface area contributed by atoms with Gasteiger partial charge in [0.05, 0.1) is 11.8 Å². The third kappa shape index (κ3) is 5.62. The lowest BCUT2D eigenvalue weighted by atomic mass is 9.97. The monoisotopic (exact) mass is 481 g/mol. The average Bonchev–Trinajstić information content (AvgIpc) is 3.38. The molecule has 0 amide bonds. The van der Waals surface area contributed by atoms with Gasteiger partial charge < -0.3 is 9.80 Å². The van der Waals surface area contributed by atoms with Crippen LogP contribution in [-0.2, 0) is 0 Å². The van der Waals surface area contributed by atoms with Gasteiger partial charge in [-0.3, -0.25) is 0 Å². The SMILES string of the molecule is CCN(CC)c1ccc(C=C(C)C2=NN(c3ccccn3)C(c3ccc(N(CC)CC)cc3)C2)cc1. The summed E-state index contributed by atoms with van der Waals surface area (Å²) in [4.78, 5) is 9.35. The third-order valence-electron chi connectivity index (χ3n) is 7.06. The first-order valence-electron chi connectivity index (χ1n) is 13.2. The summed E-state index contributed by atoms with van der Waals surface area (Å²) >= 11 is 0. The Labute approximate surface area is 216 Å². The molecule has 2 heterocycles. The summed E-state index contributed by atoms with van der Waals surface area (Å²) in [6, 6.07) is 23.9. The Hall–Kier alpha value is -3.60. The topological polar surface area (TPSA) is 35.0 Å². The van der Waals surface area contributed by atoms with Crippen molar-refractivity contribution in [2.24, 2.45) is 5.10 Å². The largest absolute Gasteiger partial charge is 0.372 e. The van der Waals surface area contributed by atoms with Gasteiger partial charge in [-0.05, 0) is 87.7 Å². The fraction of sp³-hybridized carbons (Fsp3) is 0.355. The average molecular weight is 482 g/mol. The summed E-state index contributed by atoms with van der Waals surface area (Å²) in [5.41, 5.74) is 7.27. The number of nitrogens with zero attached hydrogens (tertiary/aromatic N) is 5. The molecule has 4 rings (SSSR count). The molecule has 1 atom stereocenters. The number of anilines is 3. The lowest BCUT2D eigenvalue weighted by molar-refractivity contribution is 0.698. The zero-order valence-electron chi connectivity index (χ0n) is 22.4. The quantitative estimate of drug-likeness (QED) is 0.307. The normalized spacial score (nSPS) is 15.7. The maximum absolute atomic E-state index is 5.07. The second kappa shape index (κ2) is 11.9. The van der Waals surface area contributed by atoms with Crippen molar-refractivity contribution in [3.05, 3.63) is 89.6 Å². The number of hydrogen-bond donors (Lipinski definition) is 0. The van der Waals surface area contributed by atoms with Crippen LogP contribution >= 0.6 is 0 Å². The Kier molecular flexibility index (Phi) is 8.42. The molecule has 0 fully saturated rings. The van der Waals surface area contributed by atoms with E-state index in [1.54, 1.807) is 0 Å². The van der Waals surface area contributed by atoms with Crippen LogP contribution in [0.4, 0.5) is 17.2 Å². The summed E-state index contributed by atoms with van der Waals surface area (Å²) in [7, 11) is 0. The first-order chi connectivity index (χ1) is 17.6. The minimum Gasteiger partial charge on any atom is -0.372 e. The predicted molar refractivity (Wildman–Crippen MR) is 155 cm³/mol. The van der Waals surface area contributed by atoms with E-state index in [2.05, 4.69) is 109 Å². The van der Waals surface area contributed by atoms with Crippen molar-refractivity contribution in [2.45, 2.75) is 47.1 Å². The highest BCUT2D eigenvalue weighted by atomic mass is 15.5. The van der Waals surface area contributed by atoms with Crippen LogP contribution in [0, 0.1) is 0 Å². The molecule has 36 heavy (non-hydrogen) atoms. The van der Waals surface area contributed by atoms with E-state index in [4.69, 9.17) is 5.10 Å². The molecule has 0 aliphatic carbocycles. The molecule has 0 N–H and O–H groups in total. The fourth-order valence-electron chi connectivity index (χ4n) is 4.91. The van der Waals surface area contributed by atoms with Crippen molar-refractivity contribution in [1.29, 1.82) is 0 Å². The van der Waals surface area contributed by atoms with Crippen molar-refractivity contribution in [1.82, 2.24) is 4.98 Å². The van der Waals surface area contributed by atoms with Gasteiger partial charge in [-0.1, -0.05) is 36.4 Å². The van der Waals surface area contributed by atoms with E-state index in [9.17, 15) is 0 Å². The Morgan fingerprint density at radius 3 is 1.94 bits per heavy atom. The third-order valence-corrected chi connectivity index (χ3v) is 7.06. The van der Waals surface area contributed by atoms with Gasteiger partial charge in [0.2, 0.25) is 0 Å². The van der Waals surface area contributed by atoms with Gasteiger partial charge in [0, 0.05) is 50.2 Å². The molecule has 0 saturated carbocycles. The van der Waals surface area contributed by atoms with Crippen molar-refractivity contribution in [3.8, 4) is 0 Å². The minimum absolute atomic E-state index is 0.119. The van der Waals surface area contributed by atoms with Crippen LogP contribution < -0.4 is 14.8 Å². The second-order valence-corrected chi connectivity index (χ2v) is 9.15. The zero-order chi connectivity index (χ0) is 25.5. The van der Waals surface area contributed by atoms with E-state index < -0.39 is 0 Å². The number of hydrazone groups is 1. The highest BCUT2D eigenvalue weighted by Crippen LogP contribution is 2.36. The smallest absolute Gasteiger partial charge is 0.149 e. The standard InChI is InChI=1S/C31H39N5/c1-6-34(7-2)27-17-13-25(14-18-27)22-24(5)29-23-30(36(33-29)31-12-10-11-21-32-31)26-15-19-28(20-16-26)35(8-3)9-4/h10-22,30H,6-9,23H2,1-5H3.